The van der Waals surface area contributed by atoms with E-state index in [9.17, 15) is 5.11 Å². The highest BCUT2D eigenvalue weighted by Crippen LogP contribution is 2.24. The highest BCUT2D eigenvalue weighted by Gasteiger charge is 2.20. The SMILES string of the molecule is CC(O)CC(C)(C)CNCC1CCCCC1. The Bertz CT molecular complexity index is 183. The summed E-state index contributed by atoms with van der Waals surface area (Å²) in [4.78, 5) is 0. The fourth-order valence-electron chi connectivity index (χ4n) is 2.88. The van der Waals surface area contributed by atoms with E-state index in [1.165, 1.54) is 38.6 Å². The van der Waals surface area contributed by atoms with Crippen molar-refractivity contribution in [3.8, 4) is 0 Å². The van der Waals surface area contributed by atoms with Crippen LogP contribution in [0.15, 0.2) is 0 Å². The molecule has 0 radical (unpaired) electrons. The third-order valence-corrected chi connectivity index (χ3v) is 3.61. The minimum Gasteiger partial charge on any atom is -0.393 e. The molecule has 2 heteroatoms. The molecule has 1 saturated carbocycles. The Morgan fingerprint density at radius 2 is 1.88 bits per heavy atom. The lowest BCUT2D eigenvalue weighted by Crippen LogP contribution is -2.35. The molecule has 0 spiro atoms. The van der Waals surface area contributed by atoms with Crippen molar-refractivity contribution in [2.75, 3.05) is 13.1 Å². The van der Waals surface area contributed by atoms with Crippen molar-refractivity contribution in [3.05, 3.63) is 0 Å². The molecule has 0 aromatic rings. The molecule has 1 fully saturated rings. The normalized spacial score (nSPS) is 21.0. The van der Waals surface area contributed by atoms with E-state index in [1.807, 2.05) is 6.92 Å². The lowest BCUT2D eigenvalue weighted by atomic mass is 9.86. The summed E-state index contributed by atoms with van der Waals surface area (Å²) in [5.41, 5.74) is 0.211. The standard InChI is InChI=1S/C14H29NO/c1-12(16)9-14(2,3)11-15-10-13-7-5-4-6-8-13/h12-13,15-16H,4-11H2,1-3H3. The highest BCUT2D eigenvalue weighted by molar-refractivity contribution is 4.75. The Kier molecular flexibility index (Phi) is 5.77. The zero-order valence-corrected chi connectivity index (χ0v) is 11.3. The number of nitrogens with one attached hydrogen (secondary N) is 1. The Labute approximate surface area is 101 Å². The maximum Gasteiger partial charge on any atom is 0.0517 e. The smallest absolute Gasteiger partial charge is 0.0517 e. The summed E-state index contributed by atoms with van der Waals surface area (Å²) in [6, 6.07) is 0. The minimum absolute atomic E-state index is 0.188. The molecule has 0 amide bonds. The number of aliphatic hydroxyl groups is 1. The summed E-state index contributed by atoms with van der Waals surface area (Å²) in [6.07, 6.45) is 7.78. The molecule has 1 rings (SSSR count). The average Bonchev–Trinajstić information content (AvgIpc) is 2.16. The molecule has 0 heterocycles. The molecule has 1 atom stereocenters. The fraction of sp³-hybridized carbons (Fsp3) is 1.00. The van der Waals surface area contributed by atoms with Gasteiger partial charge >= 0.3 is 0 Å². The molecule has 0 aliphatic heterocycles. The van der Waals surface area contributed by atoms with Gasteiger partial charge in [-0.2, -0.15) is 0 Å². The van der Waals surface area contributed by atoms with Gasteiger partial charge in [-0.05, 0) is 44.1 Å². The van der Waals surface area contributed by atoms with Crippen LogP contribution in [0, 0.1) is 11.3 Å². The van der Waals surface area contributed by atoms with E-state index >= 15 is 0 Å². The molecule has 1 unspecified atom stereocenters. The molecule has 2 N–H and O–H groups in total. The monoisotopic (exact) mass is 227 g/mol. The van der Waals surface area contributed by atoms with Gasteiger partial charge in [0.2, 0.25) is 0 Å². The van der Waals surface area contributed by atoms with Crippen molar-refractivity contribution in [1.29, 1.82) is 0 Å². The van der Waals surface area contributed by atoms with Crippen LogP contribution >= 0.6 is 0 Å². The first-order chi connectivity index (χ1) is 7.49. The van der Waals surface area contributed by atoms with Crippen LogP contribution in [-0.2, 0) is 0 Å². The molecule has 16 heavy (non-hydrogen) atoms. The van der Waals surface area contributed by atoms with E-state index in [-0.39, 0.29) is 11.5 Å². The summed E-state index contributed by atoms with van der Waals surface area (Å²) in [5.74, 6) is 0.899. The second-order valence-corrected chi connectivity index (χ2v) is 6.35. The molecule has 96 valence electrons. The van der Waals surface area contributed by atoms with Crippen LogP contribution < -0.4 is 5.32 Å². The molecular weight excluding hydrogens is 198 g/mol. The third kappa shape index (κ3) is 5.86. The molecule has 0 saturated heterocycles. The van der Waals surface area contributed by atoms with Gasteiger partial charge in [-0.25, -0.2) is 0 Å². The minimum atomic E-state index is -0.188. The van der Waals surface area contributed by atoms with E-state index in [0.29, 0.717) is 0 Å². The van der Waals surface area contributed by atoms with Gasteiger partial charge in [0.15, 0.2) is 0 Å². The van der Waals surface area contributed by atoms with E-state index in [4.69, 9.17) is 0 Å². The number of rotatable bonds is 6. The zero-order valence-electron chi connectivity index (χ0n) is 11.3. The second-order valence-electron chi connectivity index (χ2n) is 6.35. The Morgan fingerprint density at radius 1 is 1.25 bits per heavy atom. The van der Waals surface area contributed by atoms with E-state index in [1.54, 1.807) is 0 Å². The van der Waals surface area contributed by atoms with Gasteiger partial charge in [-0.1, -0.05) is 33.1 Å². The summed E-state index contributed by atoms with van der Waals surface area (Å²) >= 11 is 0. The molecule has 1 aliphatic rings. The molecule has 0 aromatic carbocycles. The second kappa shape index (κ2) is 6.61. The third-order valence-electron chi connectivity index (χ3n) is 3.61. The lowest BCUT2D eigenvalue weighted by molar-refractivity contribution is 0.127. The van der Waals surface area contributed by atoms with Gasteiger partial charge in [-0.3, -0.25) is 0 Å². The van der Waals surface area contributed by atoms with Gasteiger partial charge in [0.05, 0.1) is 6.10 Å². The Morgan fingerprint density at radius 3 is 2.44 bits per heavy atom. The zero-order chi connectivity index (χ0) is 12.0. The predicted molar refractivity (Wildman–Crippen MR) is 69.5 cm³/mol. The van der Waals surface area contributed by atoms with Crippen LogP contribution in [0.2, 0.25) is 0 Å². The number of aliphatic hydroxyl groups excluding tert-OH is 1. The highest BCUT2D eigenvalue weighted by atomic mass is 16.3. The summed E-state index contributed by atoms with van der Waals surface area (Å²) in [5, 5.41) is 13.0. The summed E-state index contributed by atoms with van der Waals surface area (Å²) in [6.45, 7) is 8.53. The van der Waals surface area contributed by atoms with Crippen molar-refractivity contribution in [3.63, 3.8) is 0 Å². The van der Waals surface area contributed by atoms with Gasteiger partial charge < -0.3 is 10.4 Å². The van der Waals surface area contributed by atoms with E-state index < -0.39 is 0 Å². The molecular formula is C14H29NO. The van der Waals surface area contributed by atoms with E-state index in [2.05, 4.69) is 19.2 Å². The Balaban J connectivity index is 2.13. The molecule has 2 nitrogen and oxygen atoms in total. The quantitative estimate of drug-likeness (QED) is 0.731. The average molecular weight is 227 g/mol. The van der Waals surface area contributed by atoms with Crippen molar-refractivity contribution >= 4 is 0 Å². The lowest BCUT2D eigenvalue weighted by Gasteiger charge is -2.28. The first-order valence-electron chi connectivity index (χ1n) is 6.88. The van der Waals surface area contributed by atoms with Crippen LogP contribution in [-0.4, -0.2) is 24.3 Å². The molecule has 0 bridgehead atoms. The van der Waals surface area contributed by atoms with E-state index in [0.717, 1.165) is 18.9 Å². The van der Waals surface area contributed by atoms with Crippen molar-refractivity contribution in [2.24, 2.45) is 11.3 Å². The van der Waals surface area contributed by atoms with Crippen LogP contribution in [0.4, 0.5) is 0 Å². The predicted octanol–water partition coefficient (Wildman–Crippen LogP) is 2.95. The molecule has 0 aromatic heterocycles. The number of hydrogen-bond acceptors (Lipinski definition) is 2. The van der Waals surface area contributed by atoms with Crippen molar-refractivity contribution in [1.82, 2.24) is 5.32 Å². The van der Waals surface area contributed by atoms with Crippen molar-refractivity contribution in [2.45, 2.75) is 65.4 Å². The fourth-order valence-corrected chi connectivity index (χ4v) is 2.88. The first-order valence-corrected chi connectivity index (χ1v) is 6.88. The van der Waals surface area contributed by atoms with Crippen molar-refractivity contribution < 1.29 is 5.11 Å². The maximum atomic E-state index is 9.41. The van der Waals surface area contributed by atoms with Crippen LogP contribution in [0.5, 0.6) is 0 Å². The van der Waals surface area contributed by atoms with Gasteiger partial charge in [0, 0.05) is 6.54 Å². The van der Waals surface area contributed by atoms with Gasteiger partial charge in [0.25, 0.3) is 0 Å². The van der Waals surface area contributed by atoms with Crippen LogP contribution in [0.25, 0.3) is 0 Å². The topological polar surface area (TPSA) is 32.3 Å². The van der Waals surface area contributed by atoms with Gasteiger partial charge in [0.1, 0.15) is 0 Å². The molecule has 1 aliphatic carbocycles. The van der Waals surface area contributed by atoms with Crippen LogP contribution in [0.1, 0.15) is 59.3 Å². The van der Waals surface area contributed by atoms with Crippen LogP contribution in [0.3, 0.4) is 0 Å². The maximum absolute atomic E-state index is 9.41. The van der Waals surface area contributed by atoms with Gasteiger partial charge in [-0.15, -0.1) is 0 Å². The summed E-state index contributed by atoms with van der Waals surface area (Å²) < 4.78 is 0. The largest absolute Gasteiger partial charge is 0.393 e. The first kappa shape index (κ1) is 14.0. The summed E-state index contributed by atoms with van der Waals surface area (Å²) in [7, 11) is 0. The Hall–Kier alpha value is -0.0800. The number of hydrogen-bond donors (Lipinski definition) is 2.